The molecule has 0 radical (unpaired) electrons. The van der Waals surface area contributed by atoms with Gasteiger partial charge in [-0.25, -0.2) is 0 Å². The minimum Gasteiger partial charge on any atom is -0.480 e. The number of aryl methyl sites for hydroxylation is 1. The lowest BCUT2D eigenvalue weighted by Crippen LogP contribution is -2.36. The molecule has 0 aliphatic rings. The zero-order valence-electron chi connectivity index (χ0n) is 10.6. The molecule has 0 saturated carbocycles. The Balaban J connectivity index is 2.48. The lowest BCUT2D eigenvalue weighted by molar-refractivity contribution is -0.135. The van der Waals surface area contributed by atoms with Crippen molar-refractivity contribution in [1.82, 2.24) is 10.2 Å². The largest absolute Gasteiger partial charge is 0.480 e. The normalized spacial score (nSPS) is 11.2. The van der Waals surface area contributed by atoms with Crippen molar-refractivity contribution in [3.63, 3.8) is 0 Å². The summed E-state index contributed by atoms with van der Waals surface area (Å²) in [5, 5.41) is 14.7. The number of aromatic amines is 1. The van der Waals surface area contributed by atoms with Gasteiger partial charge in [-0.1, -0.05) is 17.7 Å². The predicted octanol–water partition coefficient (Wildman–Crippen LogP) is 0.998. The monoisotopic (exact) mass is 295 g/mol. The summed E-state index contributed by atoms with van der Waals surface area (Å²) < 4.78 is 25.6. The van der Waals surface area contributed by atoms with E-state index in [9.17, 15) is 13.2 Å². The first kappa shape index (κ1) is 14.1. The number of nitrogens with zero attached hydrogens (tertiary/aromatic N) is 2. The summed E-state index contributed by atoms with van der Waals surface area (Å²) in [6, 6.07) is 7.83. The number of hydrogen-bond donors (Lipinski definition) is 2. The zero-order chi connectivity index (χ0) is 14.8. The van der Waals surface area contributed by atoms with Crippen molar-refractivity contribution < 1.29 is 18.3 Å². The number of nitrogens with one attached hydrogen (secondary N) is 1. The number of benzene rings is 1. The van der Waals surface area contributed by atoms with Crippen molar-refractivity contribution in [2.24, 2.45) is 0 Å². The van der Waals surface area contributed by atoms with E-state index < -0.39 is 22.5 Å². The zero-order valence-corrected chi connectivity index (χ0v) is 11.5. The number of carbonyl (C=O) groups is 1. The van der Waals surface area contributed by atoms with E-state index in [0.717, 1.165) is 9.87 Å². The van der Waals surface area contributed by atoms with Crippen LogP contribution < -0.4 is 4.31 Å². The van der Waals surface area contributed by atoms with E-state index >= 15 is 0 Å². The molecule has 0 aliphatic heterocycles. The van der Waals surface area contributed by atoms with Crippen LogP contribution in [0.4, 0.5) is 5.69 Å². The van der Waals surface area contributed by atoms with Crippen LogP contribution in [0.15, 0.2) is 41.6 Å². The van der Waals surface area contributed by atoms with E-state index in [1.807, 2.05) is 6.92 Å². The van der Waals surface area contributed by atoms with Gasteiger partial charge in [0.15, 0.2) is 5.03 Å². The van der Waals surface area contributed by atoms with Gasteiger partial charge in [-0.05, 0) is 25.1 Å². The molecule has 0 bridgehead atoms. The molecule has 1 heterocycles. The highest BCUT2D eigenvalue weighted by atomic mass is 32.2. The Labute approximate surface area is 115 Å². The highest BCUT2D eigenvalue weighted by molar-refractivity contribution is 7.92. The quantitative estimate of drug-likeness (QED) is 0.856. The Morgan fingerprint density at radius 1 is 1.30 bits per heavy atom. The number of rotatable bonds is 5. The van der Waals surface area contributed by atoms with Crippen molar-refractivity contribution in [3.8, 4) is 0 Å². The molecule has 20 heavy (non-hydrogen) atoms. The molecule has 106 valence electrons. The molecule has 0 spiro atoms. The van der Waals surface area contributed by atoms with Crippen molar-refractivity contribution in [2.75, 3.05) is 10.8 Å². The summed E-state index contributed by atoms with van der Waals surface area (Å²) in [4.78, 5) is 10.9. The van der Waals surface area contributed by atoms with Crippen LogP contribution in [0, 0.1) is 6.92 Å². The summed E-state index contributed by atoms with van der Waals surface area (Å²) in [6.45, 7) is 1.19. The van der Waals surface area contributed by atoms with Gasteiger partial charge in [-0.3, -0.25) is 14.2 Å². The van der Waals surface area contributed by atoms with Crippen molar-refractivity contribution in [3.05, 3.63) is 42.1 Å². The van der Waals surface area contributed by atoms with Crippen molar-refractivity contribution in [1.29, 1.82) is 0 Å². The molecular weight excluding hydrogens is 282 g/mol. The van der Waals surface area contributed by atoms with E-state index in [1.165, 1.54) is 12.3 Å². The maximum absolute atomic E-state index is 12.4. The summed E-state index contributed by atoms with van der Waals surface area (Å²) in [5.74, 6) is -1.24. The smallest absolute Gasteiger partial charge is 0.324 e. The van der Waals surface area contributed by atoms with Crippen LogP contribution >= 0.6 is 0 Å². The first-order valence-electron chi connectivity index (χ1n) is 5.72. The molecule has 0 saturated heterocycles. The fourth-order valence-electron chi connectivity index (χ4n) is 1.65. The van der Waals surface area contributed by atoms with Crippen LogP contribution in [0.3, 0.4) is 0 Å². The number of H-pyrrole nitrogens is 1. The Kier molecular flexibility index (Phi) is 3.75. The molecule has 0 amide bonds. The molecule has 2 aromatic rings. The third kappa shape index (κ3) is 2.80. The lowest BCUT2D eigenvalue weighted by atomic mass is 10.2. The van der Waals surface area contributed by atoms with E-state index in [0.29, 0.717) is 0 Å². The Hall–Kier alpha value is -2.35. The topological polar surface area (TPSA) is 103 Å². The average molecular weight is 295 g/mol. The fourth-order valence-corrected chi connectivity index (χ4v) is 2.97. The van der Waals surface area contributed by atoms with Crippen LogP contribution in [0.2, 0.25) is 0 Å². The summed E-state index contributed by atoms with van der Waals surface area (Å²) in [5.41, 5.74) is 1.23. The van der Waals surface area contributed by atoms with E-state index in [-0.39, 0.29) is 10.7 Å². The molecule has 0 fully saturated rings. The van der Waals surface area contributed by atoms with Gasteiger partial charge >= 0.3 is 5.97 Å². The van der Waals surface area contributed by atoms with Crippen LogP contribution in [-0.4, -0.2) is 36.2 Å². The number of carboxylic acid groups (broad SMARTS) is 1. The minimum atomic E-state index is -3.98. The number of anilines is 1. The van der Waals surface area contributed by atoms with Gasteiger partial charge in [0, 0.05) is 0 Å². The number of aromatic nitrogens is 2. The second-order valence-electron chi connectivity index (χ2n) is 4.16. The highest BCUT2D eigenvalue weighted by Gasteiger charge is 2.28. The lowest BCUT2D eigenvalue weighted by Gasteiger charge is -2.21. The summed E-state index contributed by atoms with van der Waals surface area (Å²) in [7, 11) is -3.98. The van der Waals surface area contributed by atoms with Gasteiger partial charge in [-0.2, -0.15) is 13.5 Å². The SMILES string of the molecule is Cc1ccc(N(CC(=O)O)S(=O)(=O)c2ccn[nH]2)cc1. The standard InChI is InChI=1S/C12H13N3O4S/c1-9-2-4-10(5-3-9)15(8-12(16)17)20(18,19)11-6-7-13-14-11/h2-7H,8H2,1H3,(H,13,14)(H,16,17). The highest BCUT2D eigenvalue weighted by Crippen LogP contribution is 2.22. The predicted molar refractivity (Wildman–Crippen MR) is 71.9 cm³/mol. The third-order valence-corrected chi connectivity index (χ3v) is 4.35. The maximum atomic E-state index is 12.4. The van der Waals surface area contributed by atoms with Crippen molar-refractivity contribution >= 4 is 21.7 Å². The fraction of sp³-hybridized carbons (Fsp3) is 0.167. The number of carboxylic acids is 1. The van der Waals surface area contributed by atoms with Gasteiger partial charge in [-0.15, -0.1) is 0 Å². The number of aliphatic carboxylic acids is 1. The van der Waals surface area contributed by atoms with E-state index in [1.54, 1.807) is 24.3 Å². The van der Waals surface area contributed by atoms with Gasteiger partial charge in [0.2, 0.25) is 0 Å². The maximum Gasteiger partial charge on any atom is 0.324 e. The second kappa shape index (κ2) is 5.33. The van der Waals surface area contributed by atoms with Gasteiger partial charge in [0.1, 0.15) is 6.54 Å². The third-order valence-electron chi connectivity index (χ3n) is 2.64. The second-order valence-corrected chi connectivity index (χ2v) is 5.99. The minimum absolute atomic E-state index is 0.153. The Bertz CT molecular complexity index is 693. The molecule has 0 unspecified atom stereocenters. The molecule has 2 N–H and O–H groups in total. The average Bonchev–Trinajstić information content (AvgIpc) is 2.91. The summed E-state index contributed by atoms with van der Waals surface area (Å²) in [6.07, 6.45) is 1.29. The van der Waals surface area contributed by atoms with Crippen LogP contribution in [-0.2, 0) is 14.8 Å². The van der Waals surface area contributed by atoms with Gasteiger partial charge < -0.3 is 5.11 Å². The van der Waals surface area contributed by atoms with Crippen LogP contribution in [0.25, 0.3) is 0 Å². The van der Waals surface area contributed by atoms with Gasteiger partial charge in [0.25, 0.3) is 10.0 Å². The Morgan fingerprint density at radius 3 is 2.45 bits per heavy atom. The summed E-state index contributed by atoms with van der Waals surface area (Å²) >= 11 is 0. The first-order chi connectivity index (χ1) is 9.41. The molecule has 8 heteroatoms. The number of sulfonamides is 1. The first-order valence-corrected chi connectivity index (χ1v) is 7.16. The van der Waals surface area contributed by atoms with E-state index in [2.05, 4.69) is 10.2 Å². The van der Waals surface area contributed by atoms with Gasteiger partial charge in [0.05, 0.1) is 11.9 Å². The molecular formula is C12H13N3O4S. The molecule has 0 atom stereocenters. The molecule has 1 aromatic heterocycles. The van der Waals surface area contributed by atoms with E-state index in [4.69, 9.17) is 5.11 Å². The Morgan fingerprint density at radius 2 is 1.95 bits per heavy atom. The molecule has 0 aliphatic carbocycles. The van der Waals surface area contributed by atoms with Crippen LogP contribution in [0.5, 0.6) is 0 Å². The molecule has 2 rings (SSSR count). The van der Waals surface area contributed by atoms with Crippen LogP contribution in [0.1, 0.15) is 5.56 Å². The molecule has 7 nitrogen and oxygen atoms in total. The molecule has 1 aromatic carbocycles. The van der Waals surface area contributed by atoms with Crippen molar-refractivity contribution in [2.45, 2.75) is 11.9 Å². The number of hydrogen-bond acceptors (Lipinski definition) is 4.